The van der Waals surface area contributed by atoms with Crippen molar-refractivity contribution in [3.63, 3.8) is 0 Å². The zero-order chi connectivity index (χ0) is 27.2. The monoisotopic (exact) mass is 532 g/mol. The maximum Gasteiger partial charge on any atom is 0.216 e. The van der Waals surface area contributed by atoms with Gasteiger partial charge in [-0.25, -0.2) is 8.96 Å². The van der Waals surface area contributed by atoms with Crippen molar-refractivity contribution in [1.29, 1.82) is 0 Å². The normalized spacial score (nSPS) is 20.4. The van der Waals surface area contributed by atoms with Crippen LogP contribution in [-0.4, -0.2) is 0 Å². The molecule has 0 aliphatic heterocycles. The molecule has 0 amide bonds. The summed E-state index contributed by atoms with van der Waals surface area (Å²) < 4.78 is 24.1. The van der Waals surface area contributed by atoms with Crippen molar-refractivity contribution >= 4 is 21.9 Å². The van der Waals surface area contributed by atoms with Gasteiger partial charge in [0.25, 0.3) is 0 Å². The molecule has 2 saturated carbocycles. The molecular weight excluding hydrogens is 493 g/mol. The molecule has 0 bridgehead atoms. The van der Waals surface area contributed by atoms with E-state index in [-0.39, 0.29) is 5.82 Å². The highest BCUT2D eigenvalue weighted by Gasteiger charge is 2.29. The number of aryl methyl sites for hydroxylation is 2. The van der Waals surface area contributed by atoms with Crippen LogP contribution in [0.3, 0.4) is 0 Å². The first kappa shape index (κ1) is 25.5. The largest absolute Gasteiger partial charge is 0.454 e. The van der Waals surface area contributed by atoms with Gasteiger partial charge in [0.15, 0.2) is 11.8 Å². The first-order valence-corrected chi connectivity index (χ1v) is 15.3. The van der Waals surface area contributed by atoms with Crippen molar-refractivity contribution in [2.24, 2.45) is 18.9 Å². The summed E-state index contributed by atoms with van der Waals surface area (Å²) in [5, 5.41) is 1.39. The van der Waals surface area contributed by atoms with Gasteiger partial charge in [-0.3, -0.25) is 0 Å². The second kappa shape index (κ2) is 10.5. The van der Waals surface area contributed by atoms with E-state index in [4.69, 9.17) is 4.42 Å². The van der Waals surface area contributed by atoms with E-state index in [2.05, 4.69) is 41.0 Å². The molecule has 2 heterocycles. The lowest BCUT2D eigenvalue weighted by molar-refractivity contribution is -0.660. The number of pyridine rings is 1. The predicted octanol–water partition coefficient (Wildman–Crippen LogP) is 10.0. The Hall–Kier alpha value is -3.46. The lowest BCUT2D eigenvalue weighted by Gasteiger charge is -2.36. The Morgan fingerprint density at radius 2 is 1.52 bits per heavy atom. The van der Waals surface area contributed by atoms with Crippen LogP contribution >= 0.6 is 0 Å². The van der Waals surface area contributed by atoms with Gasteiger partial charge in [-0.2, -0.15) is 0 Å². The standard InChI is InChI=1S/C37H39FNO/c1-24-23-32(38)35-31-12-8-11-30(36(31)40-37(35)34(24)33-13-6-7-22-39(33)2)29-20-18-28(19-21-29)27-16-14-26(15-17-27)25-9-4-3-5-10-25/h6-8,11-13,18-23,25-27H,3-5,9-10,14-17H2,1-2H3/q+1. The molecule has 0 saturated heterocycles. The van der Waals surface area contributed by atoms with Gasteiger partial charge in [-0.1, -0.05) is 74.6 Å². The molecule has 2 aliphatic carbocycles. The first-order valence-electron chi connectivity index (χ1n) is 15.3. The zero-order valence-corrected chi connectivity index (χ0v) is 23.8. The molecule has 7 rings (SSSR count). The highest BCUT2D eigenvalue weighted by Crippen LogP contribution is 2.44. The molecule has 40 heavy (non-hydrogen) atoms. The Kier molecular flexibility index (Phi) is 6.70. The minimum absolute atomic E-state index is 0.232. The SMILES string of the molecule is Cc1cc(F)c2c(oc3c(-c4ccc(C5CCC(C6CCCCC6)CC5)cc4)cccc32)c1-c1cccc[n+]1C. The molecule has 3 heteroatoms. The second-order valence-electron chi connectivity index (χ2n) is 12.4. The number of fused-ring (bicyclic) bond motifs is 3. The maximum absolute atomic E-state index is 15.5. The average molecular weight is 533 g/mol. The van der Waals surface area contributed by atoms with Crippen molar-refractivity contribution < 1.29 is 13.4 Å². The highest BCUT2D eigenvalue weighted by atomic mass is 19.1. The lowest BCUT2D eigenvalue weighted by Crippen LogP contribution is -2.30. The second-order valence-corrected chi connectivity index (χ2v) is 12.4. The number of nitrogens with zero attached hydrogens (tertiary/aromatic N) is 1. The third-order valence-corrected chi connectivity index (χ3v) is 10.0. The van der Waals surface area contributed by atoms with Crippen molar-refractivity contribution in [3.05, 3.63) is 89.9 Å². The van der Waals surface area contributed by atoms with E-state index in [1.54, 1.807) is 6.07 Å². The molecule has 3 aromatic carbocycles. The minimum atomic E-state index is -0.232. The molecule has 0 N–H and O–H groups in total. The molecule has 0 spiro atoms. The van der Waals surface area contributed by atoms with Gasteiger partial charge >= 0.3 is 0 Å². The van der Waals surface area contributed by atoms with Crippen LogP contribution in [0, 0.1) is 24.6 Å². The Morgan fingerprint density at radius 1 is 0.775 bits per heavy atom. The van der Waals surface area contributed by atoms with Crippen LogP contribution in [0.4, 0.5) is 4.39 Å². The summed E-state index contributed by atoms with van der Waals surface area (Å²) >= 11 is 0. The third kappa shape index (κ3) is 4.44. The number of hydrogen-bond acceptors (Lipinski definition) is 1. The number of aromatic nitrogens is 1. The molecule has 2 aliphatic rings. The van der Waals surface area contributed by atoms with Gasteiger partial charge < -0.3 is 4.42 Å². The summed E-state index contributed by atoms with van der Waals surface area (Å²) in [5.41, 5.74) is 7.79. The van der Waals surface area contributed by atoms with E-state index < -0.39 is 0 Å². The molecule has 5 aromatic rings. The van der Waals surface area contributed by atoms with Crippen molar-refractivity contribution in [1.82, 2.24) is 0 Å². The third-order valence-electron chi connectivity index (χ3n) is 10.0. The molecule has 2 fully saturated rings. The van der Waals surface area contributed by atoms with Gasteiger partial charge in [0.1, 0.15) is 18.4 Å². The molecular formula is C37H39FNO+. The van der Waals surface area contributed by atoms with Crippen LogP contribution in [-0.2, 0) is 7.05 Å². The maximum atomic E-state index is 15.5. The van der Waals surface area contributed by atoms with Crippen molar-refractivity contribution in [2.75, 3.05) is 0 Å². The van der Waals surface area contributed by atoms with Gasteiger partial charge in [0.2, 0.25) is 5.69 Å². The minimum Gasteiger partial charge on any atom is -0.454 e. The van der Waals surface area contributed by atoms with E-state index >= 15 is 4.39 Å². The Bertz CT molecular complexity index is 1670. The molecule has 204 valence electrons. The van der Waals surface area contributed by atoms with Crippen molar-refractivity contribution in [3.8, 4) is 22.4 Å². The zero-order valence-electron chi connectivity index (χ0n) is 23.8. The van der Waals surface area contributed by atoms with E-state index in [1.807, 2.05) is 44.4 Å². The molecule has 0 atom stereocenters. The number of benzene rings is 3. The van der Waals surface area contributed by atoms with E-state index in [0.29, 0.717) is 16.9 Å². The fourth-order valence-electron chi connectivity index (χ4n) is 7.84. The average Bonchev–Trinajstić information content (AvgIpc) is 3.39. The summed E-state index contributed by atoms with van der Waals surface area (Å²) in [6, 6.07) is 23.0. The van der Waals surface area contributed by atoms with Gasteiger partial charge in [0, 0.05) is 23.1 Å². The topological polar surface area (TPSA) is 17.0 Å². The fourth-order valence-corrected chi connectivity index (χ4v) is 7.84. The molecule has 2 nitrogen and oxygen atoms in total. The van der Waals surface area contributed by atoms with Gasteiger partial charge in [-0.05, 0) is 79.2 Å². The van der Waals surface area contributed by atoms with Gasteiger partial charge in [0.05, 0.1) is 10.9 Å². The number of halogens is 1. The van der Waals surface area contributed by atoms with E-state index in [1.165, 1.54) is 63.4 Å². The molecule has 0 radical (unpaired) electrons. The first-order chi connectivity index (χ1) is 19.6. The predicted molar refractivity (Wildman–Crippen MR) is 162 cm³/mol. The number of furan rings is 1. The quantitative estimate of drug-likeness (QED) is 0.210. The Morgan fingerprint density at radius 3 is 2.27 bits per heavy atom. The highest BCUT2D eigenvalue weighted by molar-refractivity contribution is 6.13. The molecule has 2 aromatic heterocycles. The Labute approximate surface area is 236 Å². The summed E-state index contributed by atoms with van der Waals surface area (Å²) in [7, 11) is 2.02. The number of hydrogen-bond donors (Lipinski definition) is 0. The van der Waals surface area contributed by atoms with Crippen LogP contribution in [0.15, 0.2) is 77.3 Å². The Balaban J connectivity index is 1.22. The summed E-state index contributed by atoms with van der Waals surface area (Å²) in [6.07, 6.45) is 14.7. The van der Waals surface area contributed by atoms with Crippen molar-refractivity contribution in [2.45, 2.75) is 70.6 Å². The van der Waals surface area contributed by atoms with Crippen LogP contribution < -0.4 is 4.57 Å². The summed E-state index contributed by atoms with van der Waals surface area (Å²) in [5.74, 6) is 2.38. The molecule has 0 unspecified atom stereocenters. The van der Waals surface area contributed by atoms with Crippen LogP contribution in [0.25, 0.3) is 44.3 Å². The smallest absolute Gasteiger partial charge is 0.216 e. The van der Waals surface area contributed by atoms with E-state index in [0.717, 1.165) is 50.8 Å². The summed E-state index contributed by atoms with van der Waals surface area (Å²) in [4.78, 5) is 0. The summed E-state index contributed by atoms with van der Waals surface area (Å²) in [6.45, 7) is 1.96. The van der Waals surface area contributed by atoms with Crippen LogP contribution in [0.5, 0.6) is 0 Å². The van der Waals surface area contributed by atoms with Gasteiger partial charge in [-0.15, -0.1) is 0 Å². The van der Waals surface area contributed by atoms with Crippen LogP contribution in [0.2, 0.25) is 0 Å². The van der Waals surface area contributed by atoms with E-state index in [9.17, 15) is 0 Å². The van der Waals surface area contributed by atoms with Crippen LogP contribution in [0.1, 0.15) is 74.8 Å². The number of para-hydroxylation sites is 1. The fraction of sp³-hybridized carbons (Fsp3) is 0.378. The lowest BCUT2D eigenvalue weighted by atomic mass is 9.70. The number of rotatable bonds is 4.